The molecule has 10 heteroatoms. The SMILES string of the molecule is Cc1ccc(O[C@H](C)C(=O)N[C@H]2CCS(=O)(=O)C2)c([N+](=O)[O-])n1. The van der Waals surface area contributed by atoms with E-state index in [4.69, 9.17) is 4.74 Å². The molecule has 1 saturated heterocycles. The van der Waals surface area contributed by atoms with Crippen molar-refractivity contribution >= 4 is 21.6 Å². The first-order chi connectivity index (χ1) is 10.7. The third kappa shape index (κ3) is 4.38. The molecule has 23 heavy (non-hydrogen) atoms. The Morgan fingerprint density at radius 1 is 1.52 bits per heavy atom. The van der Waals surface area contributed by atoms with E-state index in [0.717, 1.165) is 0 Å². The molecule has 0 aliphatic carbocycles. The number of pyridine rings is 1. The summed E-state index contributed by atoms with van der Waals surface area (Å²) < 4.78 is 28.1. The van der Waals surface area contributed by atoms with Crippen LogP contribution in [-0.4, -0.2) is 47.9 Å². The van der Waals surface area contributed by atoms with E-state index < -0.39 is 38.6 Å². The van der Waals surface area contributed by atoms with Crippen molar-refractivity contribution < 1.29 is 22.9 Å². The molecule has 126 valence electrons. The lowest BCUT2D eigenvalue weighted by atomic mass is 10.2. The zero-order chi connectivity index (χ0) is 17.2. The van der Waals surface area contributed by atoms with E-state index >= 15 is 0 Å². The molecular formula is C13H17N3O6S. The van der Waals surface area contributed by atoms with Gasteiger partial charge in [0.15, 0.2) is 15.9 Å². The van der Waals surface area contributed by atoms with Gasteiger partial charge in [-0.2, -0.15) is 0 Å². The molecule has 1 amide bonds. The summed E-state index contributed by atoms with van der Waals surface area (Å²) in [6.07, 6.45) is -0.658. The molecule has 1 fully saturated rings. The van der Waals surface area contributed by atoms with Crippen molar-refractivity contribution in [2.24, 2.45) is 0 Å². The highest BCUT2D eigenvalue weighted by Crippen LogP contribution is 2.25. The van der Waals surface area contributed by atoms with Gasteiger partial charge in [0.2, 0.25) is 5.75 Å². The Balaban J connectivity index is 2.03. The van der Waals surface area contributed by atoms with Crippen LogP contribution in [-0.2, 0) is 14.6 Å². The maximum atomic E-state index is 12.0. The van der Waals surface area contributed by atoms with Crippen LogP contribution in [0.4, 0.5) is 5.82 Å². The molecule has 0 bridgehead atoms. The maximum absolute atomic E-state index is 12.0. The summed E-state index contributed by atoms with van der Waals surface area (Å²) in [6.45, 7) is 3.04. The number of hydrogen-bond acceptors (Lipinski definition) is 7. The minimum absolute atomic E-state index is 0.0422. The lowest BCUT2D eigenvalue weighted by Gasteiger charge is -2.17. The summed E-state index contributed by atoms with van der Waals surface area (Å²) in [5.41, 5.74) is 0.456. The standard InChI is InChI=1S/C13H17N3O6S/c1-8-3-4-11(12(14-8)16(18)19)22-9(2)13(17)15-10-5-6-23(20,21)7-10/h3-4,9-10H,5-7H2,1-2H3,(H,15,17)/t9-,10+/m1/s1. The smallest absolute Gasteiger partial charge is 0.406 e. The third-order valence-electron chi connectivity index (χ3n) is 3.40. The minimum atomic E-state index is -3.10. The van der Waals surface area contributed by atoms with Crippen LogP contribution in [0.2, 0.25) is 0 Å². The van der Waals surface area contributed by atoms with Crippen LogP contribution in [0, 0.1) is 17.0 Å². The molecule has 1 aromatic heterocycles. The van der Waals surface area contributed by atoms with Crippen molar-refractivity contribution in [1.29, 1.82) is 0 Å². The Morgan fingerprint density at radius 2 is 2.22 bits per heavy atom. The normalized spacial score (nSPS) is 20.7. The number of rotatable bonds is 5. The first-order valence-electron chi connectivity index (χ1n) is 6.97. The number of nitrogens with one attached hydrogen (secondary N) is 1. The van der Waals surface area contributed by atoms with Crippen LogP contribution in [0.25, 0.3) is 0 Å². The molecule has 0 unspecified atom stereocenters. The molecule has 1 aliphatic heterocycles. The van der Waals surface area contributed by atoms with E-state index in [2.05, 4.69) is 10.3 Å². The summed E-state index contributed by atoms with van der Waals surface area (Å²) in [7, 11) is -3.10. The second-order valence-corrected chi connectivity index (χ2v) is 7.63. The van der Waals surface area contributed by atoms with Crippen LogP contribution < -0.4 is 10.1 Å². The molecule has 1 aromatic rings. The molecule has 2 atom stereocenters. The van der Waals surface area contributed by atoms with Crippen LogP contribution in [0.3, 0.4) is 0 Å². The van der Waals surface area contributed by atoms with E-state index in [0.29, 0.717) is 12.1 Å². The number of nitrogens with zero attached hydrogens (tertiary/aromatic N) is 2. The van der Waals surface area contributed by atoms with Crippen molar-refractivity contribution in [2.45, 2.75) is 32.4 Å². The van der Waals surface area contributed by atoms with Gasteiger partial charge in [-0.15, -0.1) is 0 Å². The Bertz CT molecular complexity index is 733. The summed E-state index contributed by atoms with van der Waals surface area (Å²) in [6, 6.07) is 2.46. The molecule has 0 spiro atoms. The van der Waals surface area contributed by atoms with Crippen molar-refractivity contribution in [3.63, 3.8) is 0 Å². The largest absolute Gasteiger partial charge is 0.473 e. The molecule has 1 aliphatic rings. The summed E-state index contributed by atoms with van der Waals surface area (Å²) in [5.74, 6) is -1.16. The van der Waals surface area contributed by atoms with Crippen LogP contribution in [0.15, 0.2) is 12.1 Å². The number of carbonyl (C=O) groups is 1. The van der Waals surface area contributed by atoms with Crippen LogP contribution >= 0.6 is 0 Å². The van der Waals surface area contributed by atoms with Gasteiger partial charge in [-0.25, -0.2) is 8.42 Å². The van der Waals surface area contributed by atoms with Gasteiger partial charge in [0.25, 0.3) is 5.91 Å². The van der Waals surface area contributed by atoms with Crippen molar-refractivity contribution in [2.75, 3.05) is 11.5 Å². The molecule has 1 N–H and O–H groups in total. The van der Waals surface area contributed by atoms with Crippen molar-refractivity contribution in [3.8, 4) is 5.75 Å². The highest BCUT2D eigenvalue weighted by atomic mass is 32.2. The van der Waals surface area contributed by atoms with Gasteiger partial charge in [-0.05, 0) is 35.4 Å². The van der Waals surface area contributed by atoms with Gasteiger partial charge in [-0.3, -0.25) is 4.79 Å². The fraction of sp³-hybridized carbons (Fsp3) is 0.538. The number of aromatic nitrogens is 1. The van der Waals surface area contributed by atoms with Crippen LogP contribution in [0.1, 0.15) is 19.0 Å². The number of aryl methyl sites for hydroxylation is 1. The Hall–Kier alpha value is -2.23. The van der Waals surface area contributed by atoms with E-state index in [9.17, 15) is 23.3 Å². The number of sulfone groups is 1. The van der Waals surface area contributed by atoms with Gasteiger partial charge in [-0.1, -0.05) is 0 Å². The first-order valence-corrected chi connectivity index (χ1v) is 8.79. The average Bonchev–Trinajstić information content (AvgIpc) is 2.79. The fourth-order valence-corrected chi connectivity index (χ4v) is 3.90. The van der Waals surface area contributed by atoms with Crippen molar-refractivity contribution in [1.82, 2.24) is 10.3 Å². The highest BCUT2D eigenvalue weighted by Gasteiger charge is 2.31. The monoisotopic (exact) mass is 343 g/mol. The summed E-state index contributed by atoms with van der Waals surface area (Å²) >= 11 is 0. The molecule has 2 heterocycles. The first kappa shape index (κ1) is 17.1. The van der Waals surface area contributed by atoms with Gasteiger partial charge in [0, 0.05) is 13.0 Å². The van der Waals surface area contributed by atoms with E-state index in [-0.39, 0.29) is 17.3 Å². The second-order valence-electron chi connectivity index (χ2n) is 5.40. The lowest BCUT2D eigenvalue weighted by Crippen LogP contribution is -2.43. The Labute approximate surface area is 133 Å². The van der Waals surface area contributed by atoms with Gasteiger partial charge < -0.3 is 20.2 Å². The summed E-state index contributed by atoms with van der Waals surface area (Å²) in [5, 5.41) is 13.6. The molecule has 0 radical (unpaired) electrons. The topological polar surface area (TPSA) is 128 Å². The number of nitro groups is 1. The Morgan fingerprint density at radius 3 is 2.78 bits per heavy atom. The Kier molecular flexibility index (Phi) is 4.83. The van der Waals surface area contributed by atoms with Crippen LogP contribution in [0.5, 0.6) is 5.75 Å². The van der Waals surface area contributed by atoms with E-state index in [1.807, 2.05) is 0 Å². The average molecular weight is 343 g/mol. The zero-order valence-corrected chi connectivity index (χ0v) is 13.5. The summed E-state index contributed by atoms with van der Waals surface area (Å²) in [4.78, 5) is 26.1. The predicted molar refractivity (Wildman–Crippen MR) is 80.9 cm³/mol. The second kappa shape index (κ2) is 6.49. The maximum Gasteiger partial charge on any atom is 0.406 e. The zero-order valence-electron chi connectivity index (χ0n) is 12.7. The number of amides is 1. The quantitative estimate of drug-likeness (QED) is 0.604. The number of ether oxygens (including phenoxy) is 1. The number of hydrogen-bond donors (Lipinski definition) is 1. The number of carbonyl (C=O) groups excluding carboxylic acids is 1. The molecule has 2 rings (SSSR count). The molecule has 9 nitrogen and oxygen atoms in total. The fourth-order valence-electron chi connectivity index (χ4n) is 2.22. The van der Waals surface area contributed by atoms with Gasteiger partial charge >= 0.3 is 5.82 Å². The van der Waals surface area contributed by atoms with E-state index in [1.54, 1.807) is 6.92 Å². The minimum Gasteiger partial charge on any atom is -0.473 e. The predicted octanol–water partition coefficient (Wildman–Crippen LogP) is 0.369. The molecule has 0 saturated carbocycles. The van der Waals surface area contributed by atoms with Gasteiger partial charge in [0.05, 0.1) is 11.5 Å². The lowest BCUT2D eigenvalue weighted by molar-refractivity contribution is -0.390. The highest BCUT2D eigenvalue weighted by molar-refractivity contribution is 7.91. The molecule has 0 aromatic carbocycles. The van der Waals surface area contributed by atoms with Gasteiger partial charge in [0.1, 0.15) is 5.69 Å². The third-order valence-corrected chi connectivity index (χ3v) is 5.17. The molecular weight excluding hydrogens is 326 g/mol. The van der Waals surface area contributed by atoms with Crippen molar-refractivity contribution in [3.05, 3.63) is 27.9 Å². The van der Waals surface area contributed by atoms with E-state index in [1.165, 1.54) is 19.1 Å².